The summed E-state index contributed by atoms with van der Waals surface area (Å²) in [6.07, 6.45) is -4.37. The second-order valence-corrected chi connectivity index (χ2v) is 6.64. The molecule has 6 nitrogen and oxygen atoms in total. The van der Waals surface area contributed by atoms with Gasteiger partial charge in [-0.2, -0.15) is 18.3 Å². The Morgan fingerprint density at radius 2 is 2.00 bits per heavy atom. The highest BCUT2D eigenvalue weighted by molar-refractivity contribution is 5.78. The smallest absolute Gasteiger partial charge is 0.408 e. The van der Waals surface area contributed by atoms with Crippen molar-refractivity contribution in [1.82, 2.24) is 14.7 Å². The Morgan fingerprint density at radius 1 is 1.29 bits per heavy atom. The number of benzene rings is 1. The number of nitrogens with zero attached hydrogens (tertiary/aromatic N) is 3. The summed E-state index contributed by atoms with van der Waals surface area (Å²) in [6.45, 7) is 2.81. The van der Waals surface area contributed by atoms with Gasteiger partial charge in [0.2, 0.25) is 0 Å². The summed E-state index contributed by atoms with van der Waals surface area (Å²) < 4.78 is 50.4. The van der Waals surface area contributed by atoms with Gasteiger partial charge < -0.3 is 14.4 Å². The standard InChI is InChI=1S/C19H22F3N3O3/c1-13-18(14(2)25(23-13)12-19(20,21)22)16-10-27-9-8-24(16)17(26)11-28-15-6-4-3-5-7-15/h3-7,16H,8-12H2,1-2H3. The van der Waals surface area contributed by atoms with Crippen LogP contribution in [-0.2, 0) is 16.1 Å². The molecular formula is C19H22F3N3O3. The molecule has 2 heterocycles. The number of alkyl halides is 3. The molecule has 1 atom stereocenters. The molecule has 1 aromatic heterocycles. The van der Waals surface area contributed by atoms with Crippen LogP contribution in [0.3, 0.4) is 0 Å². The van der Waals surface area contributed by atoms with Crippen LogP contribution in [0.25, 0.3) is 0 Å². The number of hydrogen-bond donors (Lipinski definition) is 0. The zero-order valence-electron chi connectivity index (χ0n) is 15.7. The summed E-state index contributed by atoms with van der Waals surface area (Å²) in [5, 5.41) is 4.03. The summed E-state index contributed by atoms with van der Waals surface area (Å²) in [5.74, 6) is 0.325. The van der Waals surface area contributed by atoms with Crippen LogP contribution in [-0.4, -0.2) is 53.1 Å². The maximum Gasteiger partial charge on any atom is 0.408 e. The monoisotopic (exact) mass is 397 g/mol. The Labute approximate surface area is 160 Å². The van der Waals surface area contributed by atoms with Crippen molar-refractivity contribution in [2.45, 2.75) is 32.6 Å². The molecule has 0 N–H and O–H groups in total. The molecule has 0 saturated carbocycles. The molecule has 0 spiro atoms. The van der Waals surface area contributed by atoms with Gasteiger partial charge in [0.25, 0.3) is 5.91 Å². The molecular weight excluding hydrogens is 375 g/mol. The predicted octanol–water partition coefficient (Wildman–Crippen LogP) is 3.04. The van der Waals surface area contributed by atoms with Gasteiger partial charge in [-0.15, -0.1) is 0 Å². The lowest BCUT2D eigenvalue weighted by atomic mass is 10.0. The zero-order chi connectivity index (χ0) is 20.3. The van der Waals surface area contributed by atoms with Crippen molar-refractivity contribution < 1.29 is 27.4 Å². The second-order valence-electron chi connectivity index (χ2n) is 6.64. The number of aryl methyl sites for hydroxylation is 1. The minimum Gasteiger partial charge on any atom is -0.484 e. The summed E-state index contributed by atoms with van der Waals surface area (Å²) in [7, 11) is 0. The SMILES string of the molecule is Cc1nn(CC(F)(F)F)c(C)c1C1COCCN1C(=O)COc1ccccc1. The van der Waals surface area contributed by atoms with Crippen LogP contribution in [0.15, 0.2) is 30.3 Å². The van der Waals surface area contributed by atoms with Gasteiger partial charge in [0.15, 0.2) is 6.61 Å². The lowest BCUT2D eigenvalue weighted by Crippen LogP contribution is -2.45. The first-order valence-electron chi connectivity index (χ1n) is 8.92. The third kappa shape index (κ3) is 4.64. The fourth-order valence-electron chi connectivity index (χ4n) is 3.40. The molecule has 0 bridgehead atoms. The molecule has 9 heteroatoms. The maximum atomic E-state index is 12.8. The van der Waals surface area contributed by atoms with Crippen molar-refractivity contribution in [3.8, 4) is 5.75 Å². The van der Waals surface area contributed by atoms with Crippen molar-refractivity contribution >= 4 is 5.91 Å². The number of morpholine rings is 1. The van der Waals surface area contributed by atoms with Gasteiger partial charge in [0, 0.05) is 17.8 Å². The third-order valence-electron chi connectivity index (χ3n) is 4.65. The van der Waals surface area contributed by atoms with E-state index in [1.165, 1.54) is 0 Å². The number of amides is 1. The Hall–Kier alpha value is -2.55. The number of carbonyl (C=O) groups is 1. The van der Waals surface area contributed by atoms with Crippen molar-refractivity contribution in [1.29, 1.82) is 0 Å². The van der Waals surface area contributed by atoms with Crippen LogP contribution in [0.4, 0.5) is 13.2 Å². The normalized spacial score (nSPS) is 17.6. The van der Waals surface area contributed by atoms with E-state index in [2.05, 4.69) is 5.10 Å². The van der Waals surface area contributed by atoms with Crippen LogP contribution < -0.4 is 4.74 Å². The Morgan fingerprint density at radius 3 is 2.68 bits per heavy atom. The number of rotatable bonds is 5. The van der Waals surface area contributed by atoms with E-state index < -0.39 is 18.8 Å². The molecule has 1 aliphatic heterocycles. The van der Waals surface area contributed by atoms with Gasteiger partial charge in [-0.05, 0) is 26.0 Å². The van der Waals surface area contributed by atoms with E-state index >= 15 is 0 Å². The molecule has 152 valence electrons. The van der Waals surface area contributed by atoms with Gasteiger partial charge in [0.05, 0.1) is 24.9 Å². The van der Waals surface area contributed by atoms with Crippen molar-refractivity contribution in [2.75, 3.05) is 26.4 Å². The zero-order valence-corrected chi connectivity index (χ0v) is 15.7. The van der Waals surface area contributed by atoms with E-state index in [-0.39, 0.29) is 19.1 Å². The summed E-state index contributed by atoms with van der Waals surface area (Å²) in [4.78, 5) is 14.4. The van der Waals surface area contributed by atoms with E-state index in [1.54, 1.807) is 43.0 Å². The van der Waals surface area contributed by atoms with Crippen LogP contribution in [0.5, 0.6) is 5.75 Å². The molecule has 28 heavy (non-hydrogen) atoms. The molecule has 1 fully saturated rings. The average Bonchev–Trinajstić information content (AvgIpc) is 2.92. The number of halogens is 3. The molecule has 1 aliphatic rings. The third-order valence-corrected chi connectivity index (χ3v) is 4.65. The van der Waals surface area contributed by atoms with E-state index in [4.69, 9.17) is 9.47 Å². The fourth-order valence-corrected chi connectivity index (χ4v) is 3.40. The lowest BCUT2D eigenvalue weighted by Gasteiger charge is -2.36. The molecule has 2 aromatic rings. The van der Waals surface area contributed by atoms with Crippen LogP contribution in [0, 0.1) is 13.8 Å². The molecule has 1 amide bonds. The first-order chi connectivity index (χ1) is 13.3. The maximum absolute atomic E-state index is 12.8. The van der Waals surface area contributed by atoms with Gasteiger partial charge in [-0.25, -0.2) is 0 Å². The molecule has 1 unspecified atom stereocenters. The topological polar surface area (TPSA) is 56.6 Å². The molecule has 0 aliphatic carbocycles. The lowest BCUT2D eigenvalue weighted by molar-refractivity contribution is -0.144. The van der Waals surface area contributed by atoms with Gasteiger partial charge in [0.1, 0.15) is 12.3 Å². The number of para-hydroxylation sites is 1. The molecule has 3 rings (SSSR count). The van der Waals surface area contributed by atoms with Crippen molar-refractivity contribution in [3.05, 3.63) is 47.3 Å². The fraction of sp³-hybridized carbons (Fsp3) is 0.474. The minimum absolute atomic E-state index is 0.157. The Balaban J connectivity index is 1.78. The highest BCUT2D eigenvalue weighted by Gasteiger charge is 2.35. The first-order valence-corrected chi connectivity index (χ1v) is 8.92. The quantitative estimate of drug-likeness (QED) is 0.778. The summed E-state index contributed by atoms with van der Waals surface area (Å²) in [6, 6.07) is 8.45. The van der Waals surface area contributed by atoms with E-state index in [0.29, 0.717) is 35.9 Å². The van der Waals surface area contributed by atoms with Crippen LogP contribution in [0.2, 0.25) is 0 Å². The molecule has 1 aromatic carbocycles. The number of hydrogen-bond acceptors (Lipinski definition) is 4. The predicted molar refractivity (Wildman–Crippen MR) is 95.0 cm³/mol. The molecule has 1 saturated heterocycles. The van der Waals surface area contributed by atoms with Gasteiger partial charge in [-0.1, -0.05) is 18.2 Å². The van der Waals surface area contributed by atoms with Crippen LogP contribution in [0.1, 0.15) is 23.0 Å². The highest BCUT2D eigenvalue weighted by Crippen LogP contribution is 2.31. The number of carbonyl (C=O) groups excluding carboxylic acids is 1. The van der Waals surface area contributed by atoms with Gasteiger partial charge >= 0.3 is 6.18 Å². The number of ether oxygens (including phenoxy) is 2. The molecule has 0 radical (unpaired) electrons. The van der Waals surface area contributed by atoms with E-state index in [1.807, 2.05) is 6.07 Å². The van der Waals surface area contributed by atoms with Crippen molar-refractivity contribution in [2.24, 2.45) is 0 Å². The van der Waals surface area contributed by atoms with E-state index in [0.717, 1.165) is 4.68 Å². The summed E-state index contributed by atoms with van der Waals surface area (Å²) >= 11 is 0. The van der Waals surface area contributed by atoms with Gasteiger partial charge in [-0.3, -0.25) is 9.48 Å². The Kier molecular flexibility index (Phi) is 5.93. The Bertz CT molecular complexity index is 821. The van der Waals surface area contributed by atoms with Crippen molar-refractivity contribution in [3.63, 3.8) is 0 Å². The average molecular weight is 397 g/mol. The largest absolute Gasteiger partial charge is 0.484 e. The minimum atomic E-state index is -4.37. The summed E-state index contributed by atoms with van der Waals surface area (Å²) in [5.41, 5.74) is 1.43. The second kappa shape index (κ2) is 8.22. The first kappa shape index (κ1) is 20.2. The highest BCUT2D eigenvalue weighted by atomic mass is 19.4. The van der Waals surface area contributed by atoms with E-state index in [9.17, 15) is 18.0 Å². The number of aromatic nitrogens is 2. The van der Waals surface area contributed by atoms with Crippen LogP contribution >= 0.6 is 0 Å².